The number of aromatic nitrogens is 5. The van der Waals surface area contributed by atoms with Crippen molar-refractivity contribution in [3.63, 3.8) is 0 Å². The highest BCUT2D eigenvalue weighted by Gasteiger charge is 2.16. The Labute approximate surface area is 137 Å². The van der Waals surface area contributed by atoms with Gasteiger partial charge < -0.3 is 9.88 Å². The molecule has 8 heteroatoms. The summed E-state index contributed by atoms with van der Waals surface area (Å²) in [7, 11) is 0. The van der Waals surface area contributed by atoms with E-state index in [1.807, 2.05) is 22.9 Å². The standard InChI is InChI=1S/C15H15ClN6O/c1-11-14(15(23)18-7-9-21-8-6-17-10-21)19-20-22(11)13-4-2-12(16)3-5-13/h2-6,8,10H,7,9H2,1H3,(H,18,23). The van der Waals surface area contributed by atoms with Gasteiger partial charge in [0.25, 0.3) is 5.91 Å². The van der Waals surface area contributed by atoms with Crippen LogP contribution in [-0.2, 0) is 6.54 Å². The Hall–Kier alpha value is -2.67. The quantitative estimate of drug-likeness (QED) is 0.774. The first-order chi connectivity index (χ1) is 11.1. The van der Waals surface area contributed by atoms with E-state index in [2.05, 4.69) is 20.6 Å². The Morgan fingerprint density at radius 1 is 1.30 bits per heavy atom. The number of nitrogens with zero attached hydrogens (tertiary/aromatic N) is 5. The molecule has 0 radical (unpaired) electrons. The van der Waals surface area contributed by atoms with Gasteiger partial charge >= 0.3 is 0 Å². The van der Waals surface area contributed by atoms with E-state index in [-0.39, 0.29) is 5.91 Å². The van der Waals surface area contributed by atoms with Crippen molar-refractivity contribution >= 4 is 17.5 Å². The van der Waals surface area contributed by atoms with Gasteiger partial charge in [-0.3, -0.25) is 4.79 Å². The van der Waals surface area contributed by atoms with Crippen molar-refractivity contribution in [1.29, 1.82) is 0 Å². The molecular weight excluding hydrogens is 316 g/mol. The SMILES string of the molecule is Cc1c(C(=O)NCCn2ccnc2)nnn1-c1ccc(Cl)cc1. The van der Waals surface area contributed by atoms with Crippen LogP contribution in [0.1, 0.15) is 16.2 Å². The second-order valence-corrected chi connectivity index (χ2v) is 5.40. The largest absolute Gasteiger partial charge is 0.349 e. The van der Waals surface area contributed by atoms with Crippen molar-refractivity contribution in [2.24, 2.45) is 0 Å². The number of carbonyl (C=O) groups is 1. The molecule has 7 nitrogen and oxygen atoms in total. The van der Waals surface area contributed by atoms with Crippen LogP contribution in [0.5, 0.6) is 0 Å². The van der Waals surface area contributed by atoms with Crippen molar-refractivity contribution in [3.05, 3.63) is 59.4 Å². The Morgan fingerprint density at radius 3 is 2.78 bits per heavy atom. The van der Waals surface area contributed by atoms with Crippen LogP contribution < -0.4 is 5.32 Å². The summed E-state index contributed by atoms with van der Waals surface area (Å²) < 4.78 is 3.50. The topological polar surface area (TPSA) is 77.6 Å². The molecule has 0 bridgehead atoms. The maximum absolute atomic E-state index is 12.2. The molecule has 0 saturated carbocycles. The van der Waals surface area contributed by atoms with Crippen molar-refractivity contribution in [3.8, 4) is 5.69 Å². The van der Waals surface area contributed by atoms with Crippen LogP contribution in [0.3, 0.4) is 0 Å². The van der Waals surface area contributed by atoms with E-state index in [1.54, 1.807) is 36.3 Å². The molecule has 2 aromatic heterocycles. The molecule has 118 valence electrons. The second-order valence-electron chi connectivity index (χ2n) is 4.97. The molecule has 1 N–H and O–H groups in total. The third-order valence-corrected chi connectivity index (χ3v) is 3.65. The minimum absolute atomic E-state index is 0.247. The smallest absolute Gasteiger partial charge is 0.273 e. The van der Waals surface area contributed by atoms with Crippen LogP contribution in [0.15, 0.2) is 43.0 Å². The fourth-order valence-corrected chi connectivity index (χ4v) is 2.29. The van der Waals surface area contributed by atoms with Crippen LogP contribution in [0.25, 0.3) is 5.69 Å². The average molecular weight is 331 g/mol. The molecule has 23 heavy (non-hydrogen) atoms. The average Bonchev–Trinajstić information content (AvgIpc) is 3.18. The molecule has 0 aliphatic heterocycles. The molecule has 2 heterocycles. The summed E-state index contributed by atoms with van der Waals surface area (Å²) >= 11 is 5.88. The summed E-state index contributed by atoms with van der Waals surface area (Å²) in [5.41, 5.74) is 1.79. The summed E-state index contributed by atoms with van der Waals surface area (Å²) in [5.74, 6) is -0.247. The molecule has 0 aliphatic carbocycles. The predicted octanol–water partition coefficient (Wildman–Crippen LogP) is 1.86. The molecule has 3 aromatic rings. The van der Waals surface area contributed by atoms with E-state index >= 15 is 0 Å². The van der Waals surface area contributed by atoms with Crippen LogP contribution in [0, 0.1) is 6.92 Å². The highest BCUT2D eigenvalue weighted by Crippen LogP contribution is 2.15. The Morgan fingerprint density at radius 2 is 2.09 bits per heavy atom. The number of hydrogen-bond donors (Lipinski definition) is 1. The van der Waals surface area contributed by atoms with Gasteiger partial charge in [-0.15, -0.1) is 5.10 Å². The molecule has 0 fully saturated rings. The number of rotatable bonds is 5. The number of carbonyl (C=O) groups excluding carboxylic acids is 1. The minimum atomic E-state index is -0.247. The highest BCUT2D eigenvalue weighted by molar-refractivity contribution is 6.30. The molecule has 0 unspecified atom stereocenters. The number of benzene rings is 1. The number of nitrogens with one attached hydrogen (secondary N) is 1. The Balaban J connectivity index is 1.68. The zero-order chi connectivity index (χ0) is 16.2. The summed E-state index contributed by atoms with van der Waals surface area (Å²) in [6.45, 7) is 2.94. The summed E-state index contributed by atoms with van der Waals surface area (Å²) in [6, 6.07) is 7.18. The van der Waals surface area contributed by atoms with Crippen molar-refractivity contribution in [2.45, 2.75) is 13.5 Å². The molecule has 0 aliphatic rings. The van der Waals surface area contributed by atoms with Crippen LogP contribution in [0.2, 0.25) is 5.02 Å². The van der Waals surface area contributed by atoms with Gasteiger partial charge in [0.15, 0.2) is 5.69 Å². The molecule has 0 saturated heterocycles. The van der Waals surface area contributed by atoms with Gasteiger partial charge in [0.1, 0.15) is 0 Å². The van der Waals surface area contributed by atoms with Gasteiger partial charge in [-0.05, 0) is 31.2 Å². The summed E-state index contributed by atoms with van der Waals surface area (Å²) in [6.07, 6.45) is 5.24. The maximum Gasteiger partial charge on any atom is 0.273 e. The van der Waals surface area contributed by atoms with Gasteiger partial charge in [0.05, 0.1) is 17.7 Å². The molecule has 1 amide bonds. The van der Waals surface area contributed by atoms with E-state index in [0.29, 0.717) is 29.5 Å². The summed E-state index contributed by atoms with van der Waals surface area (Å²) in [5, 5.41) is 11.5. The molecule has 1 aromatic carbocycles. The van der Waals surface area contributed by atoms with Gasteiger partial charge in [-0.1, -0.05) is 16.8 Å². The predicted molar refractivity (Wildman–Crippen MR) is 85.7 cm³/mol. The molecule has 3 rings (SSSR count). The first-order valence-corrected chi connectivity index (χ1v) is 7.45. The van der Waals surface area contributed by atoms with Crippen molar-refractivity contribution < 1.29 is 4.79 Å². The van der Waals surface area contributed by atoms with E-state index in [1.165, 1.54) is 0 Å². The van der Waals surface area contributed by atoms with Crippen LogP contribution >= 0.6 is 11.6 Å². The van der Waals surface area contributed by atoms with Gasteiger partial charge in [-0.25, -0.2) is 9.67 Å². The molecule has 0 spiro atoms. The number of hydrogen-bond acceptors (Lipinski definition) is 4. The fourth-order valence-electron chi connectivity index (χ4n) is 2.17. The lowest BCUT2D eigenvalue weighted by atomic mass is 10.3. The third kappa shape index (κ3) is 3.40. The van der Waals surface area contributed by atoms with E-state index in [9.17, 15) is 4.79 Å². The molecular formula is C15H15ClN6O. The number of halogens is 1. The zero-order valence-corrected chi connectivity index (χ0v) is 13.2. The van der Waals surface area contributed by atoms with Crippen LogP contribution in [0.4, 0.5) is 0 Å². The van der Waals surface area contributed by atoms with Gasteiger partial charge in [-0.2, -0.15) is 0 Å². The second kappa shape index (κ2) is 6.62. The third-order valence-electron chi connectivity index (χ3n) is 3.40. The van der Waals surface area contributed by atoms with E-state index in [0.717, 1.165) is 5.69 Å². The van der Waals surface area contributed by atoms with Crippen molar-refractivity contribution in [1.82, 2.24) is 29.9 Å². The number of imidazole rings is 1. The molecule has 0 atom stereocenters. The van der Waals surface area contributed by atoms with Gasteiger partial charge in [0, 0.05) is 30.5 Å². The lowest BCUT2D eigenvalue weighted by molar-refractivity contribution is 0.0946. The van der Waals surface area contributed by atoms with E-state index in [4.69, 9.17) is 11.6 Å². The lowest BCUT2D eigenvalue weighted by Gasteiger charge is -2.05. The van der Waals surface area contributed by atoms with Gasteiger partial charge in [0.2, 0.25) is 0 Å². The van der Waals surface area contributed by atoms with Crippen LogP contribution in [-0.4, -0.2) is 37.0 Å². The Bertz CT molecular complexity index is 794. The Kier molecular flexibility index (Phi) is 4.38. The monoisotopic (exact) mass is 330 g/mol. The van der Waals surface area contributed by atoms with E-state index < -0.39 is 0 Å². The highest BCUT2D eigenvalue weighted by atomic mass is 35.5. The first kappa shape index (κ1) is 15.2. The lowest BCUT2D eigenvalue weighted by Crippen LogP contribution is -2.28. The number of amides is 1. The zero-order valence-electron chi connectivity index (χ0n) is 12.5. The minimum Gasteiger partial charge on any atom is -0.349 e. The first-order valence-electron chi connectivity index (χ1n) is 7.07. The fraction of sp³-hybridized carbons (Fsp3) is 0.200. The maximum atomic E-state index is 12.2. The van der Waals surface area contributed by atoms with Crippen molar-refractivity contribution in [2.75, 3.05) is 6.54 Å². The summed E-state index contributed by atoms with van der Waals surface area (Å²) in [4.78, 5) is 16.2. The normalized spacial score (nSPS) is 10.7.